The van der Waals surface area contributed by atoms with E-state index in [2.05, 4.69) is 22.1 Å². The molecule has 2 fully saturated rings. The monoisotopic (exact) mass is 418 g/mol. The molecule has 5 rings (SSSR count). The highest BCUT2D eigenvalue weighted by molar-refractivity contribution is 5.94. The summed E-state index contributed by atoms with van der Waals surface area (Å²) in [4.78, 5) is 19.3. The number of carbonyl (C=O) groups is 1. The molecule has 2 aliphatic rings. The molecule has 160 valence electrons. The van der Waals surface area contributed by atoms with Gasteiger partial charge in [-0.2, -0.15) is 0 Å². The number of rotatable bonds is 4. The second kappa shape index (κ2) is 8.23. The molecule has 0 N–H and O–H groups in total. The van der Waals surface area contributed by atoms with Gasteiger partial charge in [-0.05, 0) is 49.1 Å². The van der Waals surface area contributed by atoms with Gasteiger partial charge in [0, 0.05) is 55.2 Å². The molecule has 31 heavy (non-hydrogen) atoms. The number of aryl methyl sites for hydroxylation is 1. The van der Waals surface area contributed by atoms with E-state index in [9.17, 15) is 4.79 Å². The van der Waals surface area contributed by atoms with Gasteiger partial charge >= 0.3 is 0 Å². The van der Waals surface area contributed by atoms with Crippen molar-refractivity contribution in [3.05, 3.63) is 65.8 Å². The zero-order chi connectivity index (χ0) is 21.3. The lowest BCUT2D eigenvalue weighted by molar-refractivity contribution is 0.00908. The number of pyridine rings is 1. The Morgan fingerprint density at radius 3 is 2.55 bits per heavy atom. The number of ether oxygens (including phenoxy) is 1. The topological polar surface area (TPSA) is 81.4 Å². The molecule has 0 radical (unpaired) electrons. The van der Waals surface area contributed by atoms with E-state index in [-0.39, 0.29) is 17.2 Å². The van der Waals surface area contributed by atoms with Crippen molar-refractivity contribution in [1.82, 2.24) is 20.1 Å². The quantitative estimate of drug-likeness (QED) is 0.642. The van der Waals surface area contributed by atoms with Crippen LogP contribution in [0.25, 0.3) is 11.5 Å². The Kier molecular flexibility index (Phi) is 5.28. The van der Waals surface area contributed by atoms with Gasteiger partial charge < -0.3 is 14.1 Å². The summed E-state index contributed by atoms with van der Waals surface area (Å²) in [6.07, 6.45) is 6.13. The fourth-order valence-corrected chi connectivity index (χ4v) is 4.80. The third-order valence-electron chi connectivity index (χ3n) is 6.70. The maximum atomic E-state index is 13.3. The van der Waals surface area contributed by atoms with Crippen LogP contribution >= 0.6 is 0 Å². The van der Waals surface area contributed by atoms with Crippen molar-refractivity contribution in [2.24, 2.45) is 5.41 Å². The maximum absolute atomic E-state index is 13.3. The summed E-state index contributed by atoms with van der Waals surface area (Å²) in [5.74, 6) is 1.15. The van der Waals surface area contributed by atoms with Gasteiger partial charge in [-0.3, -0.25) is 9.78 Å². The lowest BCUT2D eigenvalue weighted by Gasteiger charge is -2.36. The Bertz CT molecular complexity index is 1040. The molecule has 4 heterocycles. The van der Waals surface area contributed by atoms with E-state index >= 15 is 0 Å². The summed E-state index contributed by atoms with van der Waals surface area (Å²) in [5.41, 5.74) is 2.70. The van der Waals surface area contributed by atoms with Crippen molar-refractivity contribution in [3.63, 3.8) is 0 Å². The first-order valence-corrected chi connectivity index (χ1v) is 10.9. The van der Waals surface area contributed by atoms with Crippen LogP contribution in [0.15, 0.2) is 53.2 Å². The van der Waals surface area contributed by atoms with E-state index in [1.54, 1.807) is 12.4 Å². The molecule has 1 atom stereocenters. The SMILES string of the molecule is CCc1ccc(C(=O)N2CC(c3nnc(-c4ccncc4)o3)C3(CCOCC3)C2)cc1. The first-order valence-electron chi connectivity index (χ1n) is 10.9. The number of amides is 1. The molecule has 0 saturated carbocycles. The molecule has 3 aromatic rings. The van der Waals surface area contributed by atoms with Gasteiger partial charge in [0.2, 0.25) is 11.8 Å². The van der Waals surface area contributed by atoms with Crippen molar-refractivity contribution < 1.29 is 13.9 Å². The normalized spacial score (nSPS) is 20.3. The number of hydrogen-bond acceptors (Lipinski definition) is 6. The van der Waals surface area contributed by atoms with Gasteiger partial charge in [-0.1, -0.05) is 19.1 Å². The zero-order valence-corrected chi connectivity index (χ0v) is 17.7. The Morgan fingerprint density at radius 2 is 1.84 bits per heavy atom. The van der Waals surface area contributed by atoms with E-state index in [1.807, 2.05) is 41.3 Å². The van der Waals surface area contributed by atoms with Crippen molar-refractivity contribution in [3.8, 4) is 11.5 Å². The largest absolute Gasteiger partial charge is 0.420 e. The molecule has 0 aliphatic carbocycles. The van der Waals surface area contributed by atoms with Crippen LogP contribution in [0.5, 0.6) is 0 Å². The van der Waals surface area contributed by atoms with Gasteiger partial charge in [0.25, 0.3) is 5.91 Å². The van der Waals surface area contributed by atoms with Crippen LogP contribution in [-0.2, 0) is 11.2 Å². The van der Waals surface area contributed by atoms with E-state index in [0.717, 1.165) is 30.4 Å². The van der Waals surface area contributed by atoms with Gasteiger partial charge in [0.05, 0.1) is 5.92 Å². The van der Waals surface area contributed by atoms with Crippen molar-refractivity contribution >= 4 is 5.91 Å². The number of hydrogen-bond donors (Lipinski definition) is 0. The van der Waals surface area contributed by atoms with Crippen LogP contribution < -0.4 is 0 Å². The van der Waals surface area contributed by atoms with Crippen molar-refractivity contribution in [1.29, 1.82) is 0 Å². The van der Waals surface area contributed by atoms with Crippen LogP contribution in [0.4, 0.5) is 0 Å². The number of likely N-dealkylation sites (tertiary alicyclic amines) is 1. The highest BCUT2D eigenvalue weighted by atomic mass is 16.5. The second-order valence-electron chi connectivity index (χ2n) is 8.44. The first kappa shape index (κ1) is 19.9. The van der Waals surface area contributed by atoms with Crippen LogP contribution in [0.3, 0.4) is 0 Å². The van der Waals surface area contributed by atoms with Gasteiger partial charge in [-0.25, -0.2) is 0 Å². The lowest BCUT2D eigenvalue weighted by atomic mass is 9.72. The Balaban J connectivity index is 1.43. The molecule has 2 aliphatic heterocycles. The molecule has 1 unspecified atom stereocenters. The molecular weight excluding hydrogens is 392 g/mol. The minimum atomic E-state index is -0.0979. The highest BCUT2D eigenvalue weighted by Gasteiger charge is 2.51. The van der Waals surface area contributed by atoms with E-state index < -0.39 is 0 Å². The van der Waals surface area contributed by atoms with Crippen molar-refractivity contribution in [2.45, 2.75) is 32.1 Å². The molecule has 1 spiro atoms. The lowest BCUT2D eigenvalue weighted by Crippen LogP contribution is -2.37. The number of benzene rings is 1. The third-order valence-corrected chi connectivity index (χ3v) is 6.70. The fraction of sp³-hybridized carbons (Fsp3) is 0.417. The molecule has 7 heteroatoms. The smallest absolute Gasteiger partial charge is 0.253 e. The Labute approximate surface area is 181 Å². The number of nitrogens with zero attached hydrogens (tertiary/aromatic N) is 4. The number of aromatic nitrogens is 3. The number of carbonyl (C=O) groups excluding carboxylic acids is 1. The first-order chi connectivity index (χ1) is 15.2. The van der Waals surface area contributed by atoms with E-state index in [0.29, 0.717) is 38.1 Å². The molecule has 0 bridgehead atoms. The third kappa shape index (κ3) is 3.74. The van der Waals surface area contributed by atoms with Crippen LogP contribution in [0, 0.1) is 5.41 Å². The summed E-state index contributed by atoms with van der Waals surface area (Å²) in [6, 6.07) is 11.6. The Hall–Kier alpha value is -3.06. The Morgan fingerprint density at radius 1 is 1.10 bits per heavy atom. The average molecular weight is 418 g/mol. The predicted molar refractivity (Wildman–Crippen MR) is 114 cm³/mol. The van der Waals surface area contributed by atoms with Crippen molar-refractivity contribution in [2.75, 3.05) is 26.3 Å². The average Bonchev–Trinajstić information content (AvgIpc) is 3.45. The summed E-state index contributed by atoms with van der Waals surface area (Å²) in [7, 11) is 0. The van der Waals surface area contributed by atoms with Gasteiger partial charge in [0.15, 0.2) is 0 Å². The maximum Gasteiger partial charge on any atom is 0.253 e. The van der Waals surface area contributed by atoms with Crippen LogP contribution in [-0.4, -0.2) is 52.3 Å². The summed E-state index contributed by atoms with van der Waals surface area (Å²) in [6.45, 7) is 4.75. The summed E-state index contributed by atoms with van der Waals surface area (Å²) in [5, 5.41) is 8.67. The summed E-state index contributed by atoms with van der Waals surface area (Å²) < 4.78 is 11.8. The van der Waals surface area contributed by atoms with Gasteiger partial charge in [0.1, 0.15) is 0 Å². The molecule has 2 saturated heterocycles. The predicted octanol–water partition coefficient (Wildman–Crippen LogP) is 3.73. The molecule has 7 nitrogen and oxygen atoms in total. The molecule has 1 aromatic carbocycles. The minimum Gasteiger partial charge on any atom is -0.420 e. The molecule has 2 aromatic heterocycles. The molecule has 1 amide bonds. The fourth-order valence-electron chi connectivity index (χ4n) is 4.80. The zero-order valence-electron chi connectivity index (χ0n) is 17.7. The van der Waals surface area contributed by atoms with E-state index in [1.165, 1.54) is 5.56 Å². The molecular formula is C24H26N4O3. The standard InChI is InChI=1S/C24H26N4O3/c1-2-17-3-5-19(6-4-17)23(29)28-15-20(24(16-28)9-13-30-14-10-24)22-27-26-21(31-22)18-7-11-25-12-8-18/h3-8,11-12,20H,2,9-10,13-16H2,1H3. The second-order valence-corrected chi connectivity index (χ2v) is 8.44. The van der Waals surface area contributed by atoms with Crippen LogP contribution in [0.2, 0.25) is 0 Å². The van der Waals surface area contributed by atoms with Gasteiger partial charge in [-0.15, -0.1) is 10.2 Å². The van der Waals surface area contributed by atoms with Crippen LogP contribution in [0.1, 0.15) is 47.5 Å². The highest BCUT2D eigenvalue weighted by Crippen LogP contribution is 2.49. The summed E-state index contributed by atoms with van der Waals surface area (Å²) >= 11 is 0. The minimum absolute atomic E-state index is 0.00153. The van der Waals surface area contributed by atoms with E-state index in [4.69, 9.17) is 9.15 Å².